The number of aromatic nitrogens is 1. The van der Waals surface area contributed by atoms with E-state index in [-0.39, 0.29) is 18.2 Å². The van der Waals surface area contributed by atoms with Crippen LogP contribution in [-0.2, 0) is 0 Å². The van der Waals surface area contributed by atoms with Gasteiger partial charge >= 0.3 is 0 Å². The summed E-state index contributed by atoms with van der Waals surface area (Å²) in [6, 6.07) is 6.37. The van der Waals surface area contributed by atoms with Gasteiger partial charge in [0, 0.05) is 18.3 Å². The molecule has 0 aromatic carbocycles. The number of nitrogens with one attached hydrogen (secondary N) is 1. The van der Waals surface area contributed by atoms with Crippen LogP contribution in [0.5, 0.6) is 0 Å². The van der Waals surface area contributed by atoms with Crippen LogP contribution in [0.1, 0.15) is 37.9 Å². The van der Waals surface area contributed by atoms with E-state index in [0.29, 0.717) is 0 Å². The summed E-state index contributed by atoms with van der Waals surface area (Å²) in [5.41, 5.74) is 1.04. The lowest BCUT2D eigenvalue weighted by atomic mass is 10.1. The number of rotatable bonds is 3. The van der Waals surface area contributed by atoms with E-state index in [1.54, 1.807) is 6.20 Å². The Morgan fingerprint density at radius 2 is 2.33 bits per heavy atom. The molecule has 82 valence electrons. The highest BCUT2D eigenvalue weighted by Crippen LogP contribution is 2.21. The number of hydrogen-bond acceptors (Lipinski definition) is 3. The zero-order valence-corrected chi connectivity index (χ0v) is 9.06. The molecule has 0 radical (unpaired) electrons. The molecule has 1 aromatic heterocycles. The number of hydrogen-bond donors (Lipinski definition) is 2. The topological polar surface area (TPSA) is 45.1 Å². The van der Waals surface area contributed by atoms with E-state index in [1.165, 1.54) is 0 Å². The fourth-order valence-corrected chi connectivity index (χ4v) is 2.17. The minimum atomic E-state index is -0.184. The van der Waals surface area contributed by atoms with Crippen LogP contribution >= 0.6 is 0 Å². The molecular weight excluding hydrogens is 188 g/mol. The molecule has 1 aliphatic carbocycles. The van der Waals surface area contributed by atoms with Crippen molar-refractivity contribution in [3.8, 4) is 0 Å². The van der Waals surface area contributed by atoms with E-state index in [9.17, 15) is 5.11 Å². The molecule has 0 spiro atoms. The molecule has 1 aliphatic rings. The third-order valence-corrected chi connectivity index (χ3v) is 3.07. The minimum absolute atomic E-state index is 0.184. The first-order chi connectivity index (χ1) is 7.27. The van der Waals surface area contributed by atoms with Crippen LogP contribution in [0.3, 0.4) is 0 Å². The summed E-state index contributed by atoms with van der Waals surface area (Å²) in [5, 5.41) is 13.1. The van der Waals surface area contributed by atoms with Crippen molar-refractivity contribution in [2.45, 2.75) is 44.4 Å². The molecule has 0 bridgehead atoms. The molecule has 0 amide bonds. The zero-order chi connectivity index (χ0) is 10.7. The summed E-state index contributed by atoms with van der Waals surface area (Å²) in [7, 11) is 0. The predicted octanol–water partition coefficient (Wildman–Crippen LogP) is 1.65. The summed E-state index contributed by atoms with van der Waals surface area (Å²) in [6.07, 6.45) is 4.73. The molecular formula is C12H18N2O. The second-order valence-corrected chi connectivity index (χ2v) is 4.25. The van der Waals surface area contributed by atoms with Crippen molar-refractivity contribution in [3.05, 3.63) is 30.1 Å². The van der Waals surface area contributed by atoms with Crippen LogP contribution in [-0.4, -0.2) is 22.2 Å². The molecule has 1 heterocycles. The van der Waals surface area contributed by atoms with E-state index < -0.39 is 0 Å². The number of pyridine rings is 1. The highest BCUT2D eigenvalue weighted by molar-refractivity contribution is 5.08. The summed E-state index contributed by atoms with van der Waals surface area (Å²) in [5.74, 6) is 0. The van der Waals surface area contributed by atoms with Crippen LogP contribution in [0.4, 0.5) is 0 Å². The van der Waals surface area contributed by atoms with Crippen LogP contribution in [0, 0.1) is 0 Å². The Hall–Kier alpha value is -0.930. The Morgan fingerprint density at radius 1 is 1.47 bits per heavy atom. The number of nitrogens with zero attached hydrogens (tertiary/aromatic N) is 1. The Kier molecular flexibility index (Phi) is 3.34. The fraction of sp³-hybridized carbons (Fsp3) is 0.583. The second-order valence-electron chi connectivity index (χ2n) is 4.25. The zero-order valence-electron chi connectivity index (χ0n) is 9.06. The molecule has 3 atom stereocenters. The summed E-state index contributed by atoms with van der Waals surface area (Å²) in [4.78, 5) is 4.30. The first-order valence-corrected chi connectivity index (χ1v) is 5.62. The van der Waals surface area contributed by atoms with Gasteiger partial charge in [-0.05, 0) is 38.3 Å². The van der Waals surface area contributed by atoms with Crippen LogP contribution < -0.4 is 5.32 Å². The van der Waals surface area contributed by atoms with Crippen molar-refractivity contribution in [1.82, 2.24) is 10.3 Å². The lowest BCUT2D eigenvalue weighted by Crippen LogP contribution is -2.37. The number of aliphatic hydroxyl groups excluding tert-OH is 1. The largest absolute Gasteiger partial charge is 0.392 e. The van der Waals surface area contributed by atoms with Crippen molar-refractivity contribution in [3.63, 3.8) is 0 Å². The normalized spacial score (nSPS) is 27.9. The van der Waals surface area contributed by atoms with Gasteiger partial charge in [0.1, 0.15) is 0 Å². The standard InChI is InChI=1S/C12H18N2O/c1-9(10-5-2-3-8-13-10)14-11-6-4-7-12(11)15/h2-3,5,8-9,11-12,14-15H,4,6-7H2,1H3/t9-,11+,12+/m1/s1. The fourth-order valence-electron chi connectivity index (χ4n) is 2.17. The van der Waals surface area contributed by atoms with Gasteiger partial charge in [-0.1, -0.05) is 6.07 Å². The van der Waals surface area contributed by atoms with Gasteiger partial charge in [-0.25, -0.2) is 0 Å². The monoisotopic (exact) mass is 206 g/mol. The Morgan fingerprint density at radius 3 is 2.93 bits per heavy atom. The smallest absolute Gasteiger partial charge is 0.0693 e. The maximum atomic E-state index is 9.70. The average molecular weight is 206 g/mol. The molecule has 2 N–H and O–H groups in total. The van der Waals surface area contributed by atoms with Crippen molar-refractivity contribution in [1.29, 1.82) is 0 Å². The lowest BCUT2D eigenvalue weighted by molar-refractivity contribution is 0.143. The first-order valence-electron chi connectivity index (χ1n) is 5.62. The SMILES string of the molecule is C[C@@H](N[C@H]1CCC[C@@H]1O)c1ccccn1. The van der Waals surface area contributed by atoms with Crippen molar-refractivity contribution >= 4 is 0 Å². The maximum absolute atomic E-state index is 9.70. The highest BCUT2D eigenvalue weighted by atomic mass is 16.3. The molecule has 2 rings (SSSR count). The molecule has 0 unspecified atom stereocenters. The van der Waals surface area contributed by atoms with Gasteiger partial charge in [-0.15, -0.1) is 0 Å². The van der Waals surface area contributed by atoms with Crippen molar-refractivity contribution in [2.24, 2.45) is 0 Å². The Labute approximate surface area is 90.5 Å². The highest BCUT2D eigenvalue weighted by Gasteiger charge is 2.26. The predicted molar refractivity (Wildman–Crippen MR) is 59.4 cm³/mol. The van der Waals surface area contributed by atoms with Crippen molar-refractivity contribution < 1.29 is 5.11 Å². The van der Waals surface area contributed by atoms with Gasteiger partial charge in [0.15, 0.2) is 0 Å². The maximum Gasteiger partial charge on any atom is 0.0693 e. The second kappa shape index (κ2) is 4.73. The van der Waals surface area contributed by atoms with Crippen LogP contribution in [0.15, 0.2) is 24.4 Å². The van der Waals surface area contributed by atoms with E-state index in [1.807, 2.05) is 18.2 Å². The molecule has 1 fully saturated rings. The summed E-state index contributed by atoms with van der Waals surface area (Å²) >= 11 is 0. The van der Waals surface area contributed by atoms with E-state index in [2.05, 4.69) is 17.2 Å². The van der Waals surface area contributed by atoms with Gasteiger partial charge in [-0.3, -0.25) is 4.98 Å². The van der Waals surface area contributed by atoms with Gasteiger partial charge < -0.3 is 10.4 Å². The third kappa shape index (κ3) is 2.55. The van der Waals surface area contributed by atoms with Gasteiger partial charge in [-0.2, -0.15) is 0 Å². The Balaban J connectivity index is 1.95. The molecule has 0 aliphatic heterocycles. The van der Waals surface area contributed by atoms with E-state index in [4.69, 9.17) is 0 Å². The molecule has 0 saturated heterocycles. The van der Waals surface area contributed by atoms with Gasteiger partial charge in [0.25, 0.3) is 0 Å². The van der Waals surface area contributed by atoms with Crippen LogP contribution in [0.2, 0.25) is 0 Å². The van der Waals surface area contributed by atoms with Gasteiger partial charge in [0.2, 0.25) is 0 Å². The quantitative estimate of drug-likeness (QED) is 0.790. The minimum Gasteiger partial charge on any atom is -0.392 e. The summed E-state index contributed by atoms with van der Waals surface area (Å²) in [6.45, 7) is 2.09. The molecule has 3 heteroatoms. The number of aliphatic hydroxyl groups is 1. The van der Waals surface area contributed by atoms with E-state index in [0.717, 1.165) is 25.0 Å². The molecule has 3 nitrogen and oxygen atoms in total. The molecule has 15 heavy (non-hydrogen) atoms. The molecule has 1 aromatic rings. The third-order valence-electron chi connectivity index (χ3n) is 3.07. The lowest BCUT2D eigenvalue weighted by Gasteiger charge is -2.21. The first kappa shape index (κ1) is 10.6. The molecule has 1 saturated carbocycles. The van der Waals surface area contributed by atoms with Crippen molar-refractivity contribution in [2.75, 3.05) is 0 Å². The van der Waals surface area contributed by atoms with E-state index >= 15 is 0 Å². The summed E-state index contributed by atoms with van der Waals surface area (Å²) < 4.78 is 0. The van der Waals surface area contributed by atoms with Crippen LogP contribution in [0.25, 0.3) is 0 Å². The van der Waals surface area contributed by atoms with Gasteiger partial charge in [0.05, 0.1) is 11.8 Å². The Bertz CT molecular complexity index is 302. The average Bonchev–Trinajstić information content (AvgIpc) is 2.66.